The molecular weight excluding hydrogens is 560 g/mol. The Morgan fingerprint density at radius 2 is 1.79 bits per heavy atom. The van der Waals surface area contributed by atoms with Crippen LogP contribution in [-0.2, 0) is 11.3 Å². The van der Waals surface area contributed by atoms with E-state index in [4.69, 9.17) is 23.4 Å². The van der Waals surface area contributed by atoms with Crippen LogP contribution in [0, 0.1) is 0 Å². The van der Waals surface area contributed by atoms with Crippen LogP contribution < -0.4 is 19.5 Å². The van der Waals surface area contributed by atoms with Gasteiger partial charge in [0.05, 0.1) is 38.5 Å². The van der Waals surface area contributed by atoms with Crippen LogP contribution in [0.1, 0.15) is 26.3 Å². The van der Waals surface area contributed by atoms with Crippen LogP contribution in [0.4, 0.5) is 5.69 Å². The van der Waals surface area contributed by atoms with Crippen molar-refractivity contribution in [2.24, 2.45) is 0 Å². The van der Waals surface area contributed by atoms with E-state index in [1.54, 1.807) is 67.4 Å². The second-order valence-corrected chi connectivity index (χ2v) is 10.0. The third-order valence-corrected chi connectivity index (χ3v) is 7.29. The molecule has 42 heavy (non-hydrogen) atoms. The molecule has 3 aromatic carbocycles. The van der Waals surface area contributed by atoms with Crippen LogP contribution in [0.25, 0.3) is 27.4 Å². The highest BCUT2D eigenvalue weighted by Gasteiger charge is 2.17. The number of hydrogen-bond donors (Lipinski definition) is 1. The van der Waals surface area contributed by atoms with E-state index in [1.807, 2.05) is 24.3 Å². The first-order valence-electron chi connectivity index (χ1n) is 12.7. The zero-order valence-corrected chi connectivity index (χ0v) is 23.6. The van der Waals surface area contributed by atoms with Gasteiger partial charge in [-0.3, -0.25) is 4.79 Å². The number of hydrogen-bond acceptors (Lipinski definition) is 10. The molecule has 0 aliphatic carbocycles. The molecule has 0 bridgehead atoms. The SMILES string of the molecule is COC(=O)c1ccc(C(=O)Nc2cccc(COc3cc(OC)cc4oc(-c5cn6nc(OC)sc6n5)cc34)c2)cc1. The number of benzene rings is 3. The molecule has 0 unspecified atom stereocenters. The lowest BCUT2D eigenvalue weighted by atomic mass is 10.1. The van der Waals surface area contributed by atoms with Crippen molar-refractivity contribution in [3.05, 3.63) is 89.6 Å². The second kappa shape index (κ2) is 11.3. The second-order valence-electron chi connectivity index (χ2n) is 9.09. The Hall–Kier alpha value is -5.36. The fraction of sp³-hybridized carbons (Fsp3) is 0.133. The lowest BCUT2D eigenvalue weighted by Gasteiger charge is -2.11. The highest BCUT2D eigenvalue weighted by molar-refractivity contribution is 7.18. The minimum absolute atomic E-state index is 0.226. The van der Waals surface area contributed by atoms with Crippen LogP contribution in [0.5, 0.6) is 16.7 Å². The molecule has 1 amide bonds. The largest absolute Gasteiger partial charge is 0.496 e. The molecule has 3 heterocycles. The van der Waals surface area contributed by atoms with E-state index in [-0.39, 0.29) is 12.5 Å². The summed E-state index contributed by atoms with van der Waals surface area (Å²) in [5.41, 5.74) is 3.42. The zero-order valence-electron chi connectivity index (χ0n) is 22.7. The van der Waals surface area contributed by atoms with Gasteiger partial charge in [-0.25, -0.2) is 14.3 Å². The standard InChI is InChI=1S/C30H24N4O7S/c1-37-21-12-24(22-14-26(41-25(22)13-21)23-15-34-29(32-23)42-30(33-34)39-3)40-16-17-5-4-6-20(11-17)31-27(35)18-7-9-19(10-8-18)28(36)38-2/h4-15H,16H2,1-3H3,(H,31,35). The van der Waals surface area contributed by atoms with Gasteiger partial charge < -0.3 is 28.7 Å². The summed E-state index contributed by atoms with van der Waals surface area (Å²) in [7, 11) is 4.45. The highest BCUT2D eigenvalue weighted by Crippen LogP contribution is 2.37. The Kier molecular flexibility index (Phi) is 7.19. The smallest absolute Gasteiger partial charge is 0.337 e. The molecule has 3 aromatic heterocycles. The van der Waals surface area contributed by atoms with Crippen LogP contribution in [-0.4, -0.2) is 47.8 Å². The van der Waals surface area contributed by atoms with Gasteiger partial charge in [-0.2, -0.15) is 0 Å². The van der Waals surface area contributed by atoms with Crippen molar-refractivity contribution in [3.8, 4) is 28.1 Å². The number of nitrogens with one attached hydrogen (secondary N) is 1. The third kappa shape index (κ3) is 5.34. The van der Waals surface area contributed by atoms with Crippen molar-refractivity contribution in [1.29, 1.82) is 0 Å². The molecule has 0 aliphatic heterocycles. The van der Waals surface area contributed by atoms with Gasteiger partial charge in [0.25, 0.3) is 11.1 Å². The third-order valence-electron chi connectivity index (χ3n) is 6.41. The average molecular weight is 585 g/mol. The van der Waals surface area contributed by atoms with Crippen molar-refractivity contribution in [2.75, 3.05) is 26.6 Å². The fourth-order valence-electron chi connectivity index (χ4n) is 4.31. The lowest BCUT2D eigenvalue weighted by molar-refractivity contribution is 0.0600. The number of aromatic nitrogens is 3. The molecule has 0 spiro atoms. The molecule has 0 aliphatic rings. The van der Waals surface area contributed by atoms with E-state index >= 15 is 0 Å². The van der Waals surface area contributed by atoms with Gasteiger partial charge in [0.1, 0.15) is 29.4 Å². The summed E-state index contributed by atoms with van der Waals surface area (Å²) in [5.74, 6) is 0.936. The number of methoxy groups -OCH3 is 3. The quantitative estimate of drug-likeness (QED) is 0.209. The number of anilines is 1. The summed E-state index contributed by atoms with van der Waals surface area (Å²) >= 11 is 1.33. The van der Waals surface area contributed by atoms with Crippen LogP contribution in [0.15, 0.2) is 77.3 Å². The highest BCUT2D eigenvalue weighted by atomic mass is 32.1. The number of carbonyl (C=O) groups is 2. The van der Waals surface area contributed by atoms with Gasteiger partial charge in [-0.05, 0) is 59.4 Å². The fourth-order valence-corrected chi connectivity index (χ4v) is 5.01. The van der Waals surface area contributed by atoms with Crippen LogP contribution in [0.2, 0.25) is 0 Å². The normalized spacial score (nSPS) is 11.0. The van der Waals surface area contributed by atoms with Crippen molar-refractivity contribution in [3.63, 3.8) is 0 Å². The van der Waals surface area contributed by atoms with E-state index < -0.39 is 5.97 Å². The Labute approximate surface area is 243 Å². The topological polar surface area (TPSA) is 126 Å². The summed E-state index contributed by atoms with van der Waals surface area (Å²) in [4.78, 5) is 29.7. The van der Waals surface area contributed by atoms with Crippen molar-refractivity contribution >= 4 is 44.8 Å². The molecular formula is C30H24N4O7S. The van der Waals surface area contributed by atoms with Crippen LogP contribution >= 0.6 is 11.3 Å². The van der Waals surface area contributed by atoms with Gasteiger partial charge in [-0.1, -0.05) is 12.1 Å². The molecule has 11 nitrogen and oxygen atoms in total. The first-order valence-corrected chi connectivity index (χ1v) is 13.5. The number of carbonyl (C=O) groups excluding carboxylic acids is 2. The number of esters is 1. The summed E-state index contributed by atoms with van der Waals surface area (Å²) in [5, 5.41) is 8.47. The zero-order chi connectivity index (χ0) is 29.2. The number of amides is 1. The Morgan fingerprint density at radius 1 is 0.976 bits per heavy atom. The molecule has 12 heteroatoms. The maximum Gasteiger partial charge on any atom is 0.337 e. The molecule has 0 saturated carbocycles. The van der Waals surface area contributed by atoms with Gasteiger partial charge in [-0.15, -0.1) is 5.10 Å². The number of fused-ring (bicyclic) bond motifs is 2. The number of rotatable bonds is 9. The summed E-state index contributed by atoms with van der Waals surface area (Å²) in [6.07, 6.45) is 1.77. The van der Waals surface area contributed by atoms with E-state index in [9.17, 15) is 9.59 Å². The molecule has 0 saturated heterocycles. The summed E-state index contributed by atoms with van der Waals surface area (Å²) in [6, 6.07) is 19.0. The molecule has 212 valence electrons. The minimum Gasteiger partial charge on any atom is -0.496 e. The monoisotopic (exact) mass is 584 g/mol. The van der Waals surface area contributed by atoms with E-state index in [1.165, 1.54) is 18.4 Å². The van der Waals surface area contributed by atoms with Crippen molar-refractivity contribution < 1.29 is 33.0 Å². The average Bonchev–Trinajstić information content (AvgIpc) is 3.73. The Morgan fingerprint density at radius 3 is 2.52 bits per heavy atom. The molecule has 6 aromatic rings. The van der Waals surface area contributed by atoms with E-state index in [2.05, 4.69) is 15.4 Å². The molecule has 0 radical (unpaired) electrons. The number of imidazole rings is 1. The first kappa shape index (κ1) is 26.8. The van der Waals surface area contributed by atoms with Gasteiger partial charge in [0.2, 0.25) is 4.96 Å². The van der Waals surface area contributed by atoms with E-state index in [0.717, 1.165) is 10.9 Å². The summed E-state index contributed by atoms with van der Waals surface area (Å²) < 4.78 is 29.3. The summed E-state index contributed by atoms with van der Waals surface area (Å²) in [6.45, 7) is 0.226. The predicted molar refractivity (Wildman–Crippen MR) is 156 cm³/mol. The minimum atomic E-state index is -0.463. The van der Waals surface area contributed by atoms with Crippen molar-refractivity contribution in [2.45, 2.75) is 6.61 Å². The lowest BCUT2D eigenvalue weighted by Crippen LogP contribution is -2.12. The number of furan rings is 1. The van der Waals surface area contributed by atoms with Crippen LogP contribution in [0.3, 0.4) is 0 Å². The van der Waals surface area contributed by atoms with E-state index in [0.29, 0.717) is 55.5 Å². The maximum absolute atomic E-state index is 12.8. The number of nitrogens with zero attached hydrogens (tertiary/aromatic N) is 3. The van der Waals surface area contributed by atoms with Crippen molar-refractivity contribution in [1.82, 2.24) is 14.6 Å². The number of ether oxygens (including phenoxy) is 4. The molecule has 6 rings (SSSR count). The van der Waals surface area contributed by atoms with Gasteiger partial charge in [0.15, 0.2) is 5.76 Å². The maximum atomic E-state index is 12.8. The van der Waals surface area contributed by atoms with Gasteiger partial charge >= 0.3 is 5.97 Å². The molecule has 1 N–H and O–H groups in total. The Balaban J connectivity index is 1.19. The first-order chi connectivity index (χ1) is 20.4. The molecule has 0 fully saturated rings. The van der Waals surface area contributed by atoms with Gasteiger partial charge in [0, 0.05) is 23.4 Å². The Bertz CT molecular complexity index is 1890. The molecule has 0 atom stereocenters. The predicted octanol–water partition coefficient (Wildman–Crippen LogP) is 5.84.